The number of hydrogen-bond donors (Lipinski definition) is 0. The number of halogens is 2. The van der Waals surface area contributed by atoms with E-state index in [4.69, 9.17) is 32.7 Å². The second kappa shape index (κ2) is 14.4. The van der Waals surface area contributed by atoms with Crippen molar-refractivity contribution in [3.05, 3.63) is 82.4 Å². The summed E-state index contributed by atoms with van der Waals surface area (Å²) < 4.78 is 10.8. The number of rotatable bonds is 4. The first-order valence-electron chi connectivity index (χ1n) is 15.1. The Morgan fingerprint density at radius 1 is 0.682 bits per heavy atom. The lowest BCUT2D eigenvalue weighted by molar-refractivity contribution is -0.114. The van der Waals surface area contributed by atoms with Gasteiger partial charge in [-0.05, 0) is 103 Å². The van der Waals surface area contributed by atoms with E-state index in [0.717, 1.165) is 29.7 Å². The van der Waals surface area contributed by atoms with E-state index in [1.165, 1.54) is 5.56 Å². The van der Waals surface area contributed by atoms with E-state index in [-0.39, 0.29) is 17.6 Å². The van der Waals surface area contributed by atoms with Crippen LogP contribution in [0.15, 0.2) is 61.2 Å². The number of allylic oxidation sites excluding steroid dienone is 1. The summed E-state index contributed by atoms with van der Waals surface area (Å²) in [5, 5.41) is 1.38. The van der Waals surface area contributed by atoms with Gasteiger partial charge in [0.25, 0.3) is 0 Å². The van der Waals surface area contributed by atoms with Crippen LogP contribution in [-0.2, 0) is 25.1 Å². The minimum Gasteiger partial charge on any atom is -0.444 e. The van der Waals surface area contributed by atoms with Gasteiger partial charge in [-0.3, -0.25) is 0 Å². The third kappa shape index (κ3) is 9.48. The van der Waals surface area contributed by atoms with E-state index < -0.39 is 16.6 Å². The number of aldehydes is 1. The zero-order chi connectivity index (χ0) is 32.8. The molecule has 0 atom stereocenters. The maximum Gasteiger partial charge on any atom is 0.410 e. The number of ether oxygens (including phenoxy) is 2. The number of carbonyl (C=O) groups is 3. The van der Waals surface area contributed by atoms with Crippen LogP contribution < -0.4 is 0 Å². The highest BCUT2D eigenvalue weighted by Crippen LogP contribution is 2.38. The summed E-state index contributed by atoms with van der Waals surface area (Å²) in [7, 11) is 0. The van der Waals surface area contributed by atoms with Gasteiger partial charge >= 0.3 is 12.2 Å². The molecule has 0 spiro atoms. The van der Waals surface area contributed by atoms with Crippen LogP contribution >= 0.6 is 23.2 Å². The average Bonchev–Trinajstić information content (AvgIpc) is 2.96. The Morgan fingerprint density at radius 3 is 1.30 bits per heavy atom. The maximum atomic E-state index is 12.2. The molecule has 4 rings (SSSR count). The molecule has 2 saturated heterocycles. The molecule has 9 heteroatoms. The number of carbonyl (C=O) groups excluding carboxylic acids is 3. The molecule has 2 heterocycles. The lowest BCUT2D eigenvalue weighted by atomic mass is 9.73. The number of nitrogens with zero attached hydrogens (tertiary/aromatic N) is 2. The molecule has 2 aliphatic heterocycles. The molecule has 0 aliphatic carbocycles. The minimum atomic E-state index is -0.539. The summed E-state index contributed by atoms with van der Waals surface area (Å²) in [5.41, 5.74) is 0.560. The van der Waals surface area contributed by atoms with Gasteiger partial charge in [-0.25, -0.2) is 9.59 Å². The first-order valence-corrected chi connectivity index (χ1v) is 15.8. The lowest BCUT2D eigenvalue weighted by Crippen LogP contribution is -2.47. The smallest absolute Gasteiger partial charge is 0.410 e. The van der Waals surface area contributed by atoms with Crippen molar-refractivity contribution in [1.82, 2.24) is 9.80 Å². The van der Waals surface area contributed by atoms with E-state index in [0.29, 0.717) is 44.0 Å². The number of benzene rings is 2. The highest BCUT2D eigenvalue weighted by atomic mass is 35.5. The Morgan fingerprint density at radius 2 is 1.00 bits per heavy atom. The van der Waals surface area contributed by atoms with Crippen molar-refractivity contribution < 1.29 is 23.9 Å². The summed E-state index contributed by atoms with van der Waals surface area (Å²) in [5.74, 6) is 0. The summed E-state index contributed by atoms with van der Waals surface area (Å²) in [6, 6.07) is 15.3. The molecule has 0 N–H and O–H groups in total. The molecule has 0 saturated carbocycles. The van der Waals surface area contributed by atoms with Crippen molar-refractivity contribution in [3.63, 3.8) is 0 Å². The fourth-order valence-electron chi connectivity index (χ4n) is 5.48. The van der Waals surface area contributed by atoms with E-state index in [1.807, 2.05) is 84.0 Å². The Hall–Kier alpha value is -3.03. The van der Waals surface area contributed by atoms with Gasteiger partial charge in [0.15, 0.2) is 0 Å². The van der Waals surface area contributed by atoms with E-state index in [1.54, 1.807) is 21.9 Å². The Kier molecular flexibility index (Phi) is 11.6. The van der Waals surface area contributed by atoms with Crippen LogP contribution in [-0.4, -0.2) is 65.7 Å². The SMILES string of the molecule is C=CC1(c2ccc(Cl)cc2)CCN(C(=O)OC(C)(C)C)CC1.CC(C)(C)OC(=O)N1CCC(C=O)(c2ccc(Cl)cc2)CC1. The van der Waals surface area contributed by atoms with Gasteiger partial charge in [0.2, 0.25) is 0 Å². The molecular formula is C35H46Cl2N2O5. The summed E-state index contributed by atoms with van der Waals surface area (Å²) >= 11 is 11.9. The Balaban J connectivity index is 0.000000240. The first-order chi connectivity index (χ1) is 20.5. The normalized spacial score (nSPS) is 17.9. The van der Waals surface area contributed by atoms with Crippen LogP contribution in [0.5, 0.6) is 0 Å². The molecule has 240 valence electrons. The monoisotopic (exact) mass is 644 g/mol. The molecule has 0 aromatic heterocycles. The zero-order valence-corrected chi connectivity index (χ0v) is 28.3. The van der Waals surface area contributed by atoms with Gasteiger partial charge in [0, 0.05) is 41.6 Å². The Labute approximate surface area is 272 Å². The number of piperidine rings is 2. The zero-order valence-electron chi connectivity index (χ0n) is 26.8. The molecule has 2 aliphatic rings. The molecule has 0 radical (unpaired) electrons. The predicted molar refractivity (Wildman–Crippen MR) is 177 cm³/mol. The van der Waals surface area contributed by atoms with Crippen molar-refractivity contribution in [2.75, 3.05) is 26.2 Å². The highest BCUT2D eigenvalue weighted by molar-refractivity contribution is 6.30. The van der Waals surface area contributed by atoms with Crippen molar-refractivity contribution in [2.24, 2.45) is 0 Å². The van der Waals surface area contributed by atoms with Crippen LogP contribution in [0.4, 0.5) is 9.59 Å². The molecule has 2 aromatic rings. The van der Waals surface area contributed by atoms with Crippen molar-refractivity contribution in [3.8, 4) is 0 Å². The lowest BCUT2D eigenvalue weighted by Gasteiger charge is -2.40. The quantitative estimate of drug-likeness (QED) is 0.246. The van der Waals surface area contributed by atoms with Crippen LogP contribution in [0.25, 0.3) is 0 Å². The van der Waals surface area contributed by atoms with Crippen molar-refractivity contribution in [1.29, 1.82) is 0 Å². The first kappa shape index (κ1) is 35.4. The summed E-state index contributed by atoms with van der Waals surface area (Å²) in [6.45, 7) is 17.6. The molecular weight excluding hydrogens is 599 g/mol. The van der Waals surface area contributed by atoms with Crippen molar-refractivity contribution >= 4 is 41.7 Å². The second-order valence-corrected chi connectivity index (χ2v) is 14.5. The summed E-state index contributed by atoms with van der Waals surface area (Å²) in [4.78, 5) is 39.4. The summed E-state index contributed by atoms with van der Waals surface area (Å²) in [6.07, 6.45) is 5.33. The van der Waals surface area contributed by atoms with E-state index in [2.05, 4.69) is 6.58 Å². The number of likely N-dealkylation sites (tertiary alicyclic amines) is 2. The van der Waals surface area contributed by atoms with Crippen LogP contribution in [0.1, 0.15) is 78.4 Å². The van der Waals surface area contributed by atoms with Crippen LogP contribution in [0, 0.1) is 0 Å². The molecule has 2 aromatic carbocycles. The molecule has 0 bridgehead atoms. The fourth-order valence-corrected chi connectivity index (χ4v) is 5.73. The van der Waals surface area contributed by atoms with Gasteiger partial charge in [0.05, 0.1) is 5.41 Å². The van der Waals surface area contributed by atoms with Gasteiger partial charge in [-0.15, -0.1) is 6.58 Å². The number of amides is 2. The van der Waals surface area contributed by atoms with Gasteiger partial charge in [-0.2, -0.15) is 0 Å². The molecule has 7 nitrogen and oxygen atoms in total. The van der Waals surface area contributed by atoms with E-state index in [9.17, 15) is 14.4 Å². The fraction of sp³-hybridized carbons (Fsp3) is 0.514. The predicted octanol–water partition coefficient (Wildman–Crippen LogP) is 8.60. The third-order valence-corrected chi connectivity index (χ3v) is 8.57. The second-order valence-electron chi connectivity index (χ2n) is 13.6. The number of hydrogen-bond acceptors (Lipinski definition) is 5. The molecule has 2 amide bonds. The van der Waals surface area contributed by atoms with E-state index >= 15 is 0 Å². The van der Waals surface area contributed by atoms with Gasteiger partial charge < -0.3 is 24.1 Å². The van der Waals surface area contributed by atoms with Crippen molar-refractivity contribution in [2.45, 2.75) is 89.3 Å². The topological polar surface area (TPSA) is 76.2 Å². The minimum absolute atomic E-state index is 0.0941. The molecule has 44 heavy (non-hydrogen) atoms. The average molecular weight is 646 g/mol. The van der Waals surface area contributed by atoms with Crippen LogP contribution in [0.3, 0.4) is 0 Å². The van der Waals surface area contributed by atoms with Gasteiger partial charge in [-0.1, -0.05) is 53.5 Å². The molecule has 2 fully saturated rings. The highest BCUT2D eigenvalue weighted by Gasteiger charge is 2.39. The molecule has 0 unspecified atom stereocenters. The third-order valence-electron chi connectivity index (χ3n) is 8.07. The largest absolute Gasteiger partial charge is 0.444 e. The van der Waals surface area contributed by atoms with Gasteiger partial charge in [0.1, 0.15) is 17.5 Å². The standard InChI is InChI=1S/C18H24ClNO2.C17H22ClNO3/c1-5-18(14-6-8-15(19)9-7-14)10-12-20(13-11-18)16(21)22-17(2,3)4;1-16(2,3)22-15(21)19-10-8-17(12-20,9-11-19)13-4-6-14(18)7-5-13/h5-9H,1,10-13H2,2-4H3;4-7,12H,8-11H2,1-3H3. The Bertz CT molecular complexity index is 1180. The van der Waals surface area contributed by atoms with Crippen LogP contribution in [0.2, 0.25) is 10.0 Å². The maximum absolute atomic E-state index is 12.2.